The second-order valence-electron chi connectivity index (χ2n) is 4.82. The Bertz CT molecular complexity index is 702. The first kappa shape index (κ1) is 13.7. The fourth-order valence-electron chi connectivity index (χ4n) is 2.56. The van der Waals surface area contributed by atoms with Crippen LogP contribution in [0, 0.1) is 0 Å². The average molecular weight is 296 g/mol. The highest BCUT2D eigenvalue weighted by Gasteiger charge is 2.20. The van der Waals surface area contributed by atoms with Crippen LogP contribution in [0.15, 0.2) is 65.4 Å². The van der Waals surface area contributed by atoms with Crippen LogP contribution in [-0.2, 0) is 0 Å². The number of benzene rings is 2. The van der Waals surface area contributed by atoms with Gasteiger partial charge >= 0.3 is 0 Å². The van der Waals surface area contributed by atoms with E-state index in [1.807, 2.05) is 30.3 Å². The molecule has 0 saturated heterocycles. The lowest BCUT2D eigenvalue weighted by Crippen LogP contribution is -2.04. The molecule has 1 unspecified atom stereocenters. The molecule has 1 heterocycles. The quantitative estimate of drug-likeness (QED) is 0.760. The first-order valence-electron chi connectivity index (χ1n) is 6.73. The number of phenols is 1. The summed E-state index contributed by atoms with van der Waals surface area (Å²) in [5.41, 5.74) is 3.50. The molecule has 21 heavy (non-hydrogen) atoms. The van der Waals surface area contributed by atoms with Crippen molar-refractivity contribution < 1.29 is 9.84 Å². The Morgan fingerprint density at radius 2 is 1.71 bits per heavy atom. The molecule has 1 aromatic heterocycles. The zero-order valence-electron chi connectivity index (χ0n) is 11.7. The number of para-hydroxylation sites is 1. The molecule has 0 amide bonds. The minimum Gasteiger partial charge on any atom is -0.508 e. The molecule has 0 aliphatic rings. The monoisotopic (exact) mass is 296 g/mol. The number of rotatable bonds is 4. The topological polar surface area (TPSA) is 29.5 Å². The maximum Gasteiger partial charge on any atom is 0.123 e. The Balaban J connectivity index is 2.15. The standard InChI is InChI=1S/C18H16O2S/c1-20-17-5-3-2-4-16(17)18(14-10-11-21-12-14)13-6-8-15(19)9-7-13/h2-12,18-19H,1H3. The minimum absolute atomic E-state index is 0.105. The molecule has 2 nitrogen and oxygen atoms in total. The van der Waals surface area contributed by atoms with Gasteiger partial charge in [-0.05, 0) is 46.2 Å². The van der Waals surface area contributed by atoms with Crippen molar-refractivity contribution >= 4 is 11.3 Å². The largest absolute Gasteiger partial charge is 0.508 e. The Labute approximate surface area is 128 Å². The van der Waals surface area contributed by atoms with E-state index in [0.29, 0.717) is 0 Å². The van der Waals surface area contributed by atoms with Crippen LogP contribution >= 0.6 is 11.3 Å². The van der Waals surface area contributed by atoms with Crippen LogP contribution in [0.4, 0.5) is 0 Å². The van der Waals surface area contributed by atoms with E-state index >= 15 is 0 Å². The van der Waals surface area contributed by atoms with E-state index in [9.17, 15) is 5.11 Å². The van der Waals surface area contributed by atoms with Crippen LogP contribution in [0.5, 0.6) is 11.5 Å². The summed E-state index contributed by atoms with van der Waals surface area (Å²) in [6.07, 6.45) is 0. The van der Waals surface area contributed by atoms with Gasteiger partial charge in [0.05, 0.1) is 7.11 Å². The summed E-state index contributed by atoms with van der Waals surface area (Å²) in [6, 6.07) is 17.6. The highest BCUT2D eigenvalue weighted by atomic mass is 32.1. The van der Waals surface area contributed by atoms with Crippen molar-refractivity contribution in [2.75, 3.05) is 7.11 Å². The van der Waals surface area contributed by atoms with Gasteiger partial charge in [-0.25, -0.2) is 0 Å². The number of aromatic hydroxyl groups is 1. The highest BCUT2D eigenvalue weighted by Crippen LogP contribution is 2.38. The van der Waals surface area contributed by atoms with Crippen LogP contribution in [0.2, 0.25) is 0 Å². The first-order chi connectivity index (χ1) is 10.3. The maximum atomic E-state index is 9.52. The number of ether oxygens (including phenoxy) is 1. The van der Waals surface area contributed by atoms with Crippen molar-refractivity contribution in [3.63, 3.8) is 0 Å². The van der Waals surface area contributed by atoms with Crippen molar-refractivity contribution in [2.45, 2.75) is 5.92 Å². The van der Waals surface area contributed by atoms with E-state index in [1.54, 1.807) is 30.6 Å². The molecular weight excluding hydrogens is 280 g/mol. The third-order valence-electron chi connectivity index (χ3n) is 3.55. The molecule has 3 aromatic rings. The van der Waals surface area contributed by atoms with Crippen LogP contribution in [-0.4, -0.2) is 12.2 Å². The second kappa shape index (κ2) is 6.02. The molecule has 3 heteroatoms. The summed E-state index contributed by atoms with van der Waals surface area (Å²) in [5, 5.41) is 13.8. The molecule has 3 rings (SSSR count). The van der Waals surface area contributed by atoms with Crippen molar-refractivity contribution in [3.05, 3.63) is 82.0 Å². The van der Waals surface area contributed by atoms with Crippen LogP contribution in [0.3, 0.4) is 0 Å². The second-order valence-corrected chi connectivity index (χ2v) is 5.60. The predicted molar refractivity (Wildman–Crippen MR) is 86.4 cm³/mol. The minimum atomic E-state index is 0.105. The van der Waals surface area contributed by atoms with Gasteiger partial charge < -0.3 is 9.84 Å². The zero-order chi connectivity index (χ0) is 14.7. The Morgan fingerprint density at radius 3 is 2.38 bits per heavy atom. The normalized spacial score (nSPS) is 12.0. The number of hydrogen-bond acceptors (Lipinski definition) is 3. The van der Waals surface area contributed by atoms with Crippen molar-refractivity contribution in [2.24, 2.45) is 0 Å². The smallest absolute Gasteiger partial charge is 0.123 e. The van der Waals surface area contributed by atoms with Crippen molar-refractivity contribution in [1.29, 1.82) is 0 Å². The molecule has 0 aliphatic carbocycles. The summed E-state index contributed by atoms with van der Waals surface area (Å²) in [4.78, 5) is 0. The molecule has 0 saturated carbocycles. The molecule has 1 N–H and O–H groups in total. The van der Waals surface area contributed by atoms with Gasteiger partial charge in [0, 0.05) is 11.5 Å². The highest BCUT2D eigenvalue weighted by molar-refractivity contribution is 7.08. The van der Waals surface area contributed by atoms with E-state index in [0.717, 1.165) is 16.9 Å². The molecule has 0 spiro atoms. The summed E-state index contributed by atoms with van der Waals surface area (Å²) in [5.74, 6) is 1.26. The Morgan fingerprint density at radius 1 is 0.952 bits per heavy atom. The van der Waals surface area contributed by atoms with Crippen LogP contribution in [0.25, 0.3) is 0 Å². The van der Waals surface area contributed by atoms with Gasteiger partial charge in [0.15, 0.2) is 0 Å². The van der Waals surface area contributed by atoms with E-state index in [2.05, 4.69) is 22.9 Å². The van der Waals surface area contributed by atoms with Gasteiger partial charge in [0.1, 0.15) is 11.5 Å². The fourth-order valence-corrected chi connectivity index (χ4v) is 3.25. The molecule has 1 atom stereocenters. The SMILES string of the molecule is COc1ccccc1C(c1ccc(O)cc1)c1ccsc1. The Hall–Kier alpha value is -2.26. The van der Waals surface area contributed by atoms with Crippen LogP contribution in [0.1, 0.15) is 22.6 Å². The predicted octanol–water partition coefficient (Wildman–Crippen LogP) is 4.64. The lowest BCUT2D eigenvalue weighted by atomic mass is 9.86. The average Bonchev–Trinajstić information content (AvgIpc) is 3.04. The number of phenolic OH excluding ortho intramolecular Hbond substituents is 1. The lowest BCUT2D eigenvalue weighted by molar-refractivity contribution is 0.409. The maximum absolute atomic E-state index is 9.52. The third-order valence-corrected chi connectivity index (χ3v) is 4.25. The summed E-state index contributed by atoms with van der Waals surface area (Å²) < 4.78 is 5.52. The van der Waals surface area contributed by atoms with Gasteiger partial charge in [-0.15, -0.1) is 0 Å². The summed E-state index contributed by atoms with van der Waals surface area (Å²) >= 11 is 1.68. The van der Waals surface area contributed by atoms with E-state index in [4.69, 9.17) is 4.74 Å². The van der Waals surface area contributed by atoms with E-state index in [-0.39, 0.29) is 11.7 Å². The Kier molecular flexibility index (Phi) is 3.93. The number of hydrogen-bond donors (Lipinski definition) is 1. The van der Waals surface area contributed by atoms with Gasteiger partial charge in [0.2, 0.25) is 0 Å². The van der Waals surface area contributed by atoms with Gasteiger partial charge in [-0.1, -0.05) is 30.3 Å². The first-order valence-corrected chi connectivity index (χ1v) is 7.68. The molecule has 0 fully saturated rings. The fraction of sp³-hybridized carbons (Fsp3) is 0.111. The lowest BCUT2D eigenvalue weighted by Gasteiger charge is -2.20. The molecule has 0 radical (unpaired) electrons. The molecular formula is C18H16O2S. The summed E-state index contributed by atoms with van der Waals surface area (Å²) in [7, 11) is 1.69. The van der Waals surface area contributed by atoms with Crippen molar-refractivity contribution in [1.82, 2.24) is 0 Å². The molecule has 106 valence electrons. The van der Waals surface area contributed by atoms with Gasteiger partial charge in [0.25, 0.3) is 0 Å². The van der Waals surface area contributed by atoms with E-state index < -0.39 is 0 Å². The third kappa shape index (κ3) is 2.78. The molecule has 0 aliphatic heterocycles. The molecule has 0 bridgehead atoms. The van der Waals surface area contributed by atoms with Crippen molar-refractivity contribution in [3.8, 4) is 11.5 Å². The van der Waals surface area contributed by atoms with E-state index in [1.165, 1.54) is 5.56 Å². The van der Waals surface area contributed by atoms with Gasteiger partial charge in [-0.3, -0.25) is 0 Å². The van der Waals surface area contributed by atoms with Crippen LogP contribution < -0.4 is 4.74 Å². The number of methoxy groups -OCH3 is 1. The van der Waals surface area contributed by atoms with Gasteiger partial charge in [-0.2, -0.15) is 11.3 Å². The molecule has 2 aromatic carbocycles. The number of thiophene rings is 1. The zero-order valence-corrected chi connectivity index (χ0v) is 12.5. The summed E-state index contributed by atoms with van der Waals surface area (Å²) in [6.45, 7) is 0.